The lowest BCUT2D eigenvalue weighted by Crippen LogP contribution is -2.20. The van der Waals surface area contributed by atoms with Crippen LogP contribution in [0.1, 0.15) is 23.0 Å². The largest absolute Gasteiger partial charge is 0.306 e. The minimum atomic E-state index is -0.338. The van der Waals surface area contributed by atoms with E-state index in [4.69, 9.17) is 0 Å². The average molecular weight is 355 g/mol. The predicted molar refractivity (Wildman–Crippen MR) is 105 cm³/mol. The number of hydrazone groups is 1. The molecule has 0 spiro atoms. The summed E-state index contributed by atoms with van der Waals surface area (Å²) in [5, 5.41) is 5.19. The van der Waals surface area contributed by atoms with Crippen molar-refractivity contribution in [1.29, 1.82) is 0 Å². The maximum atomic E-state index is 12.3. The first-order chi connectivity index (χ1) is 13.2. The van der Waals surface area contributed by atoms with Gasteiger partial charge in [-0.15, -0.1) is 0 Å². The lowest BCUT2D eigenvalue weighted by atomic mass is 10.1. The van der Waals surface area contributed by atoms with Gasteiger partial charge in [-0.1, -0.05) is 36.4 Å². The number of benzene rings is 2. The highest BCUT2D eigenvalue weighted by atomic mass is 16.2. The van der Waals surface area contributed by atoms with Crippen LogP contribution in [0.2, 0.25) is 0 Å². The van der Waals surface area contributed by atoms with Crippen molar-refractivity contribution in [2.45, 2.75) is 6.92 Å². The summed E-state index contributed by atoms with van der Waals surface area (Å²) in [7, 11) is 0. The van der Waals surface area contributed by atoms with Crippen molar-refractivity contribution in [3.63, 3.8) is 0 Å². The molecule has 0 bridgehead atoms. The molecule has 0 saturated heterocycles. The number of amides is 1. The zero-order valence-electron chi connectivity index (χ0n) is 14.7. The third-order valence-electron chi connectivity index (χ3n) is 4.24. The third kappa shape index (κ3) is 3.59. The second kappa shape index (κ2) is 7.21. The summed E-state index contributed by atoms with van der Waals surface area (Å²) in [4.78, 5) is 20.8. The molecule has 0 aliphatic rings. The number of hydrogen-bond acceptors (Lipinski definition) is 4. The first-order valence-electron chi connectivity index (χ1n) is 8.50. The number of fused-ring (bicyclic) bond motifs is 1. The van der Waals surface area contributed by atoms with Crippen molar-refractivity contribution in [3.05, 3.63) is 90.6 Å². The Hall–Kier alpha value is -3.80. The summed E-state index contributed by atoms with van der Waals surface area (Å²) in [5.74, 6) is -0.338. The third-order valence-corrected chi connectivity index (χ3v) is 4.24. The number of nitrogens with one attached hydrogen (secondary N) is 1. The molecular weight excluding hydrogens is 338 g/mol. The molecule has 132 valence electrons. The molecule has 0 aliphatic carbocycles. The average Bonchev–Trinajstić information content (AvgIpc) is 3.26. The molecule has 4 rings (SSSR count). The van der Waals surface area contributed by atoms with Gasteiger partial charge >= 0.3 is 0 Å². The molecule has 0 unspecified atom stereocenters. The van der Waals surface area contributed by atoms with Crippen LogP contribution in [0.3, 0.4) is 0 Å². The molecule has 1 N–H and O–H groups in total. The number of aromatic nitrogens is 3. The Balaban J connectivity index is 1.48. The van der Waals surface area contributed by atoms with Gasteiger partial charge < -0.3 is 4.57 Å². The Kier molecular flexibility index (Phi) is 4.45. The molecule has 0 saturated carbocycles. The summed E-state index contributed by atoms with van der Waals surface area (Å²) >= 11 is 0. The van der Waals surface area contributed by atoms with Crippen LogP contribution in [-0.4, -0.2) is 26.2 Å². The molecule has 0 atom stereocenters. The number of rotatable bonds is 4. The van der Waals surface area contributed by atoms with Gasteiger partial charge in [0.25, 0.3) is 5.91 Å². The van der Waals surface area contributed by atoms with Gasteiger partial charge in [-0.25, -0.2) is 15.4 Å². The van der Waals surface area contributed by atoms with Gasteiger partial charge in [-0.05, 0) is 36.8 Å². The monoisotopic (exact) mass is 355 g/mol. The second-order valence-corrected chi connectivity index (χ2v) is 6.04. The number of pyridine rings is 1. The van der Waals surface area contributed by atoms with Crippen LogP contribution in [0.5, 0.6) is 0 Å². The number of imidazole rings is 1. The SMILES string of the molecule is C/C(=N\NC(=O)c1ccc2ccccc2n1)c1ccc(-n2ccnc2)cc1. The van der Waals surface area contributed by atoms with Crippen molar-refractivity contribution in [2.75, 3.05) is 0 Å². The smallest absolute Gasteiger partial charge is 0.289 e. The van der Waals surface area contributed by atoms with E-state index in [0.29, 0.717) is 11.4 Å². The van der Waals surface area contributed by atoms with E-state index in [1.54, 1.807) is 18.6 Å². The maximum Gasteiger partial charge on any atom is 0.289 e. The molecule has 6 heteroatoms. The van der Waals surface area contributed by atoms with Crippen molar-refractivity contribution < 1.29 is 4.79 Å². The van der Waals surface area contributed by atoms with Crippen LogP contribution in [0.25, 0.3) is 16.6 Å². The van der Waals surface area contributed by atoms with E-state index in [1.807, 2.05) is 72.3 Å². The van der Waals surface area contributed by atoms with Crippen LogP contribution in [-0.2, 0) is 0 Å². The summed E-state index contributed by atoms with van der Waals surface area (Å²) in [6, 6.07) is 19.1. The first kappa shape index (κ1) is 16.7. The fourth-order valence-corrected chi connectivity index (χ4v) is 2.74. The van der Waals surface area contributed by atoms with E-state index in [1.165, 1.54) is 0 Å². The highest BCUT2D eigenvalue weighted by Crippen LogP contribution is 2.12. The summed E-state index contributed by atoms with van der Waals surface area (Å²) in [6.07, 6.45) is 5.36. The van der Waals surface area contributed by atoms with Crippen LogP contribution in [0, 0.1) is 0 Å². The van der Waals surface area contributed by atoms with Gasteiger partial charge in [0.15, 0.2) is 0 Å². The molecule has 27 heavy (non-hydrogen) atoms. The summed E-state index contributed by atoms with van der Waals surface area (Å²) in [5.41, 5.74) is 6.33. The highest BCUT2D eigenvalue weighted by Gasteiger charge is 2.08. The minimum absolute atomic E-state index is 0.334. The predicted octanol–water partition coefficient (Wildman–Crippen LogP) is 3.57. The van der Waals surface area contributed by atoms with Gasteiger partial charge in [-0.3, -0.25) is 4.79 Å². The number of carbonyl (C=O) groups excluding carboxylic acids is 1. The molecule has 0 radical (unpaired) electrons. The fraction of sp³-hybridized carbons (Fsp3) is 0.0476. The van der Waals surface area contributed by atoms with E-state index < -0.39 is 0 Å². The van der Waals surface area contributed by atoms with E-state index in [-0.39, 0.29) is 5.91 Å². The molecule has 6 nitrogen and oxygen atoms in total. The lowest BCUT2D eigenvalue weighted by molar-refractivity contribution is 0.0950. The van der Waals surface area contributed by atoms with E-state index in [9.17, 15) is 4.79 Å². The summed E-state index contributed by atoms with van der Waals surface area (Å²) < 4.78 is 1.92. The molecule has 1 amide bonds. The van der Waals surface area contributed by atoms with Gasteiger partial charge in [0.2, 0.25) is 0 Å². The van der Waals surface area contributed by atoms with E-state index >= 15 is 0 Å². The van der Waals surface area contributed by atoms with Crippen molar-refractivity contribution in [2.24, 2.45) is 5.10 Å². The Labute approximate surface area is 156 Å². The molecular formula is C21H17N5O. The Bertz CT molecular complexity index is 1120. The van der Waals surface area contributed by atoms with Gasteiger partial charge in [-0.2, -0.15) is 5.10 Å². The molecule has 4 aromatic rings. The number of hydrogen-bond donors (Lipinski definition) is 1. The van der Waals surface area contributed by atoms with Crippen molar-refractivity contribution in [1.82, 2.24) is 20.0 Å². The summed E-state index contributed by atoms with van der Waals surface area (Å²) in [6.45, 7) is 1.85. The topological polar surface area (TPSA) is 72.2 Å². The fourth-order valence-electron chi connectivity index (χ4n) is 2.74. The highest BCUT2D eigenvalue weighted by molar-refractivity contribution is 6.01. The maximum absolute atomic E-state index is 12.3. The van der Waals surface area contributed by atoms with Gasteiger partial charge in [0.05, 0.1) is 17.6 Å². The van der Waals surface area contributed by atoms with Gasteiger partial charge in [0, 0.05) is 23.5 Å². The standard InChI is InChI=1S/C21H17N5O/c1-15(16-6-9-18(10-7-16)26-13-12-22-14-26)24-25-21(27)20-11-8-17-4-2-3-5-19(17)23-20/h2-14H,1H3,(H,25,27)/b24-15+. The number of nitrogens with zero attached hydrogens (tertiary/aromatic N) is 4. The molecule has 2 aromatic carbocycles. The van der Waals surface area contributed by atoms with E-state index in [2.05, 4.69) is 20.5 Å². The quantitative estimate of drug-likeness (QED) is 0.449. The van der Waals surface area contributed by atoms with E-state index in [0.717, 1.165) is 22.2 Å². The molecule has 2 heterocycles. The van der Waals surface area contributed by atoms with Crippen molar-refractivity contribution in [3.8, 4) is 5.69 Å². The number of carbonyl (C=O) groups is 1. The zero-order chi connectivity index (χ0) is 18.6. The Morgan fingerprint density at radius 1 is 1.04 bits per heavy atom. The van der Waals surface area contributed by atoms with Gasteiger partial charge in [0.1, 0.15) is 5.69 Å². The van der Waals surface area contributed by atoms with Crippen LogP contribution in [0.15, 0.2) is 84.5 Å². The molecule has 2 aromatic heterocycles. The minimum Gasteiger partial charge on any atom is -0.306 e. The zero-order valence-corrected chi connectivity index (χ0v) is 14.7. The van der Waals surface area contributed by atoms with Crippen LogP contribution >= 0.6 is 0 Å². The Morgan fingerprint density at radius 2 is 1.85 bits per heavy atom. The molecule has 0 fully saturated rings. The number of para-hydroxylation sites is 1. The lowest BCUT2D eigenvalue weighted by Gasteiger charge is -2.06. The van der Waals surface area contributed by atoms with Crippen LogP contribution < -0.4 is 5.43 Å². The van der Waals surface area contributed by atoms with Crippen molar-refractivity contribution >= 4 is 22.5 Å². The second-order valence-electron chi connectivity index (χ2n) is 6.04. The normalized spacial score (nSPS) is 11.5. The van der Waals surface area contributed by atoms with Crippen LogP contribution in [0.4, 0.5) is 0 Å². The first-order valence-corrected chi connectivity index (χ1v) is 8.50. The Morgan fingerprint density at radius 3 is 2.63 bits per heavy atom. The molecule has 0 aliphatic heterocycles.